The molecule has 0 bridgehead atoms. The molecule has 1 aromatic heterocycles. The van der Waals surface area contributed by atoms with Crippen LogP contribution in [-0.4, -0.2) is 97.4 Å². The first-order valence-corrected chi connectivity index (χ1v) is 16.9. The Kier molecular flexibility index (Phi) is 13.0. The zero-order valence-electron chi connectivity index (χ0n) is 29.6. The Labute approximate surface area is 292 Å². The normalized spacial score (nSPS) is 22.9. The second-order valence-electron chi connectivity index (χ2n) is 13.3. The van der Waals surface area contributed by atoms with Crippen LogP contribution in [0.25, 0.3) is 10.9 Å². The van der Waals surface area contributed by atoms with Crippen molar-refractivity contribution in [3.8, 4) is 11.5 Å². The second-order valence-corrected chi connectivity index (χ2v) is 13.3. The summed E-state index contributed by atoms with van der Waals surface area (Å²) in [4.78, 5) is 72.2. The molecule has 1 fully saturated rings. The number of nitrogens with zero attached hydrogens (tertiary/aromatic N) is 2. The molecule has 4 atom stereocenters. The molecule has 0 aliphatic carbocycles. The van der Waals surface area contributed by atoms with E-state index in [0.29, 0.717) is 42.3 Å². The number of methoxy groups -OCH3 is 3. The Hall–Kier alpha value is -4.88. The molecular weight excluding hydrogens is 648 g/mol. The number of alkyl carbamates (subject to hydrolysis) is 1. The number of rotatable bonds is 6. The zero-order valence-corrected chi connectivity index (χ0v) is 29.6. The number of aromatic nitrogens is 1. The van der Waals surface area contributed by atoms with Gasteiger partial charge in [0.15, 0.2) is 5.69 Å². The van der Waals surface area contributed by atoms with E-state index in [4.69, 9.17) is 23.7 Å². The molecule has 2 aliphatic heterocycles. The number of hydrogen-bond acceptors (Lipinski definition) is 11. The molecule has 2 aromatic rings. The molecule has 3 heterocycles. The van der Waals surface area contributed by atoms with E-state index >= 15 is 0 Å². The van der Waals surface area contributed by atoms with Crippen LogP contribution in [0.3, 0.4) is 0 Å². The first-order valence-electron chi connectivity index (χ1n) is 16.9. The molecule has 4 rings (SSSR count). The molecule has 2 aliphatic rings. The summed E-state index contributed by atoms with van der Waals surface area (Å²) in [5.41, 5.74) is -0.385. The molecule has 3 amide bonds. The van der Waals surface area contributed by atoms with Crippen LogP contribution in [-0.2, 0) is 28.6 Å². The van der Waals surface area contributed by atoms with Crippen molar-refractivity contribution in [2.75, 3.05) is 27.9 Å². The van der Waals surface area contributed by atoms with Gasteiger partial charge in [-0.15, -0.1) is 0 Å². The van der Waals surface area contributed by atoms with Crippen LogP contribution < -0.4 is 20.1 Å². The number of fused-ring (bicyclic) bond motifs is 2. The number of ether oxygens (including phenoxy) is 5. The lowest BCUT2D eigenvalue weighted by molar-refractivity contribution is -0.146. The average Bonchev–Trinajstić information content (AvgIpc) is 3.50. The third kappa shape index (κ3) is 10.1. The summed E-state index contributed by atoms with van der Waals surface area (Å²) >= 11 is 0. The second kappa shape index (κ2) is 17.2. The van der Waals surface area contributed by atoms with E-state index in [2.05, 4.69) is 15.6 Å². The highest BCUT2D eigenvalue weighted by atomic mass is 16.6. The Morgan fingerprint density at radius 3 is 2.42 bits per heavy atom. The summed E-state index contributed by atoms with van der Waals surface area (Å²) in [6.07, 6.45) is 6.92. The van der Waals surface area contributed by atoms with E-state index < -0.39 is 59.7 Å². The number of carbonyl (C=O) groups excluding carboxylic acids is 5. The third-order valence-electron chi connectivity index (χ3n) is 8.46. The van der Waals surface area contributed by atoms with Gasteiger partial charge in [-0.1, -0.05) is 25.0 Å². The number of carbonyl (C=O) groups is 5. The van der Waals surface area contributed by atoms with Crippen LogP contribution in [0.15, 0.2) is 36.4 Å². The molecule has 0 spiro atoms. The van der Waals surface area contributed by atoms with Crippen LogP contribution >= 0.6 is 0 Å². The number of amides is 3. The van der Waals surface area contributed by atoms with E-state index in [1.807, 2.05) is 12.2 Å². The topological polar surface area (TPSA) is 172 Å². The lowest BCUT2D eigenvalue weighted by atomic mass is 10.0. The minimum absolute atomic E-state index is 0.00238. The van der Waals surface area contributed by atoms with Gasteiger partial charge in [-0.2, -0.15) is 0 Å². The zero-order chi connectivity index (χ0) is 36.4. The molecule has 14 heteroatoms. The lowest BCUT2D eigenvalue weighted by Crippen LogP contribution is -2.55. The molecular formula is C36H48N4O10. The van der Waals surface area contributed by atoms with Gasteiger partial charge < -0.3 is 39.2 Å². The third-order valence-corrected chi connectivity index (χ3v) is 8.46. The Balaban J connectivity index is 1.71. The first-order chi connectivity index (χ1) is 23.8. The molecule has 14 nitrogen and oxygen atoms in total. The average molecular weight is 697 g/mol. The van der Waals surface area contributed by atoms with E-state index in [1.165, 1.54) is 32.3 Å². The van der Waals surface area contributed by atoms with Crippen LogP contribution in [0, 0.1) is 0 Å². The number of allylic oxidation sites excluding steroid dienone is 2. The van der Waals surface area contributed by atoms with Crippen molar-refractivity contribution in [2.24, 2.45) is 0 Å². The summed E-state index contributed by atoms with van der Waals surface area (Å²) in [5.74, 6) is -1.52. The highest BCUT2D eigenvalue weighted by Crippen LogP contribution is 2.32. The van der Waals surface area contributed by atoms with Crippen molar-refractivity contribution in [1.29, 1.82) is 0 Å². The fourth-order valence-electron chi connectivity index (χ4n) is 6.02. The largest absolute Gasteiger partial charge is 0.497 e. The summed E-state index contributed by atoms with van der Waals surface area (Å²) in [7, 11) is 4.01. The predicted molar refractivity (Wildman–Crippen MR) is 183 cm³/mol. The standard InChI is InChI=1S/C36H48N4O10/c1-36(2,3)50-35(45)39-25-14-12-10-8-7-9-11-13-15-26(33(43)47-5)38-31(41)29-19-23(21-40(29)32(25)42)49-30-20-28(34(44)48-6)37-27-18-22(46-4)16-17-24(27)30/h9,11,16-18,20,23,25-26,29H,7-8,10,12-15,19,21H2,1-6H3,(H,38,41)(H,39,45)/b11-9+/t23?,25-,26-,29-/m0/s1. The fraction of sp³-hybridized carbons (Fsp3) is 0.556. The Morgan fingerprint density at radius 1 is 0.960 bits per heavy atom. The van der Waals surface area contributed by atoms with E-state index in [9.17, 15) is 24.0 Å². The SMILES string of the molecule is COC(=O)c1cc(OC2C[C@H]3C(=O)N[C@H](C(=O)OC)CC/C=C/CCCCC[C@H](NC(=O)OC(C)(C)C)C(=O)N3C2)c2ccc(OC)cc2n1. The fourth-order valence-corrected chi connectivity index (χ4v) is 6.02. The molecule has 1 saturated heterocycles. The van der Waals surface area contributed by atoms with Crippen molar-refractivity contribution in [3.05, 3.63) is 42.1 Å². The highest BCUT2D eigenvalue weighted by Gasteiger charge is 2.44. The Bertz CT molecular complexity index is 1590. The van der Waals surface area contributed by atoms with Gasteiger partial charge >= 0.3 is 18.0 Å². The van der Waals surface area contributed by atoms with Crippen LogP contribution in [0.2, 0.25) is 0 Å². The van der Waals surface area contributed by atoms with Crippen molar-refractivity contribution in [1.82, 2.24) is 20.5 Å². The van der Waals surface area contributed by atoms with Gasteiger partial charge in [-0.3, -0.25) is 9.59 Å². The van der Waals surface area contributed by atoms with Crippen LogP contribution in [0.1, 0.15) is 82.6 Å². The lowest BCUT2D eigenvalue weighted by Gasteiger charge is -2.30. The van der Waals surface area contributed by atoms with Gasteiger partial charge in [-0.05, 0) is 65.0 Å². The summed E-state index contributed by atoms with van der Waals surface area (Å²) in [6.45, 7) is 5.16. The van der Waals surface area contributed by atoms with Gasteiger partial charge in [0.25, 0.3) is 0 Å². The molecule has 1 aromatic carbocycles. The maximum atomic E-state index is 14.3. The van der Waals surface area contributed by atoms with Crippen molar-refractivity contribution in [2.45, 2.75) is 102 Å². The first kappa shape index (κ1) is 37.9. The number of nitrogens with one attached hydrogen (secondary N) is 2. The molecule has 1 unspecified atom stereocenters. The minimum atomic E-state index is -1.06. The molecule has 0 saturated carbocycles. The van der Waals surface area contributed by atoms with Gasteiger partial charge in [0.05, 0.1) is 33.4 Å². The predicted octanol–water partition coefficient (Wildman–Crippen LogP) is 4.23. The minimum Gasteiger partial charge on any atom is -0.497 e. The number of esters is 2. The van der Waals surface area contributed by atoms with E-state index in [0.717, 1.165) is 19.3 Å². The molecule has 50 heavy (non-hydrogen) atoms. The smallest absolute Gasteiger partial charge is 0.408 e. The van der Waals surface area contributed by atoms with Crippen molar-refractivity contribution >= 4 is 40.7 Å². The number of pyridine rings is 1. The van der Waals surface area contributed by atoms with Crippen molar-refractivity contribution in [3.63, 3.8) is 0 Å². The van der Waals surface area contributed by atoms with Gasteiger partial charge in [0.2, 0.25) is 11.8 Å². The monoisotopic (exact) mass is 696 g/mol. The molecule has 2 N–H and O–H groups in total. The van der Waals surface area contributed by atoms with Crippen LogP contribution in [0.4, 0.5) is 4.79 Å². The van der Waals surface area contributed by atoms with Crippen LogP contribution in [0.5, 0.6) is 11.5 Å². The van der Waals surface area contributed by atoms with Gasteiger partial charge in [0.1, 0.15) is 41.3 Å². The molecule has 0 radical (unpaired) electrons. The summed E-state index contributed by atoms with van der Waals surface area (Å²) in [6, 6.07) is 3.58. The maximum absolute atomic E-state index is 14.3. The highest BCUT2D eigenvalue weighted by molar-refractivity contribution is 5.95. The van der Waals surface area contributed by atoms with Gasteiger partial charge in [-0.25, -0.2) is 19.4 Å². The maximum Gasteiger partial charge on any atom is 0.408 e. The van der Waals surface area contributed by atoms with Crippen molar-refractivity contribution < 1.29 is 47.7 Å². The van der Waals surface area contributed by atoms with E-state index in [-0.39, 0.29) is 24.4 Å². The Morgan fingerprint density at radius 2 is 1.72 bits per heavy atom. The summed E-state index contributed by atoms with van der Waals surface area (Å²) < 4.78 is 27.2. The molecule has 272 valence electrons. The number of benzene rings is 1. The number of hydrogen-bond donors (Lipinski definition) is 2. The quantitative estimate of drug-likeness (QED) is 0.252. The summed E-state index contributed by atoms with van der Waals surface area (Å²) in [5, 5.41) is 6.09. The van der Waals surface area contributed by atoms with E-state index in [1.54, 1.807) is 39.0 Å². The van der Waals surface area contributed by atoms with Gasteiger partial charge in [0, 0.05) is 23.9 Å².